The molecule has 0 aliphatic heterocycles. The first kappa shape index (κ1) is 15.3. The lowest BCUT2D eigenvalue weighted by molar-refractivity contribution is -0.137. The van der Waals surface area contributed by atoms with Gasteiger partial charge in [-0.15, -0.1) is 0 Å². The van der Waals surface area contributed by atoms with Gasteiger partial charge in [-0.25, -0.2) is 4.79 Å². The number of amides is 2. The standard InChI is InChI=1S/C12H15F3N2O2/c1-8(6-7-18)16-11(19)17-10-4-2-9(3-5-10)12(13,14)15/h2-5,8,18H,6-7H2,1H3,(H2,16,17,19). The zero-order chi connectivity index (χ0) is 14.5. The van der Waals surface area contributed by atoms with Crippen LogP contribution in [0, 0.1) is 0 Å². The molecule has 1 aromatic rings. The molecule has 0 fully saturated rings. The summed E-state index contributed by atoms with van der Waals surface area (Å²) in [5, 5.41) is 13.6. The van der Waals surface area contributed by atoms with Gasteiger partial charge in [0.2, 0.25) is 0 Å². The molecular weight excluding hydrogens is 261 g/mol. The van der Waals surface area contributed by atoms with E-state index in [1.807, 2.05) is 0 Å². The normalized spacial score (nSPS) is 12.9. The number of halogens is 3. The number of anilines is 1. The van der Waals surface area contributed by atoms with Crippen molar-refractivity contribution in [1.29, 1.82) is 0 Å². The van der Waals surface area contributed by atoms with Crippen LogP contribution in [0.15, 0.2) is 24.3 Å². The molecule has 2 amide bonds. The van der Waals surface area contributed by atoms with E-state index in [1.54, 1.807) is 6.92 Å². The van der Waals surface area contributed by atoms with Crippen molar-refractivity contribution in [2.24, 2.45) is 0 Å². The first-order valence-corrected chi connectivity index (χ1v) is 5.68. The monoisotopic (exact) mass is 276 g/mol. The maximum atomic E-state index is 12.3. The van der Waals surface area contributed by atoms with Crippen molar-refractivity contribution in [3.05, 3.63) is 29.8 Å². The smallest absolute Gasteiger partial charge is 0.396 e. The van der Waals surface area contributed by atoms with Crippen molar-refractivity contribution in [2.75, 3.05) is 11.9 Å². The highest BCUT2D eigenvalue weighted by Gasteiger charge is 2.29. The highest BCUT2D eigenvalue weighted by atomic mass is 19.4. The molecule has 1 aromatic carbocycles. The molecule has 4 nitrogen and oxygen atoms in total. The van der Waals surface area contributed by atoms with Crippen molar-refractivity contribution < 1.29 is 23.1 Å². The van der Waals surface area contributed by atoms with Gasteiger partial charge in [-0.2, -0.15) is 13.2 Å². The summed E-state index contributed by atoms with van der Waals surface area (Å²) in [6.07, 6.45) is -3.99. The number of hydrogen-bond donors (Lipinski definition) is 3. The van der Waals surface area contributed by atoms with E-state index in [0.29, 0.717) is 6.42 Å². The molecule has 19 heavy (non-hydrogen) atoms. The van der Waals surface area contributed by atoms with E-state index in [0.717, 1.165) is 12.1 Å². The summed E-state index contributed by atoms with van der Waals surface area (Å²) < 4.78 is 36.9. The Morgan fingerprint density at radius 1 is 1.32 bits per heavy atom. The van der Waals surface area contributed by atoms with Gasteiger partial charge in [-0.3, -0.25) is 0 Å². The molecule has 0 saturated carbocycles. The number of benzene rings is 1. The molecule has 1 rings (SSSR count). The van der Waals surface area contributed by atoms with Crippen molar-refractivity contribution in [2.45, 2.75) is 25.6 Å². The minimum absolute atomic E-state index is 0.0538. The van der Waals surface area contributed by atoms with Crippen LogP contribution in [0.1, 0.15) is 18.9 Å². The second-order valence-electron chi connectivity index (χ2n) is 4.09. The summed E-state index contributed by atoms with van der Waals surface area (Å²) >= 11 is 0. The summed E-state index contributed by atoms with van der Waals surface area (Å²) in [7, 11) is 0. The fourth-order valence-electron chi connectivity index (χ4n) is 1.40. The Morgan fingerprint density at radius 3 is 2.37 bits per heavy atom. The Hall–Kier alpha value is -1.76. The highest BCUT2D eigenvalue weighted by molar-refractivity contribution is 5.89. The Morgan fingerprint density at radius 2 is 1.89 bits per heavy atom. The lowest BCUT2D eigenvalue weighted by Gasteiger charge is -2.13. The molecule has 106 valence electrons. The van der Waals surface area contributed by atoms with E-state index in [-0.39, 0.29) is 18.3 Å². The molecule has 0 bridgehead atoms. The van der Waals surface area contributed by atoms with Gasteiger partial charge in [0.1, 0.15) is 0 Å². The third kappa shape index (κ3) is 5.17. The van der Waals surface area contributed by atoms with E-state index < -0.39 is 17.8 Å². The number of urea groups is 1. The minimum Gasteiger partial charge on any atom is -0.396 e. The minimum atomic E-state index is -4.39. The van der Waals surface area contributed by atoms with E-state index in [1.165, 1.54) is 12.1 Å². The predicted octanol–water partition coefficient (Wildman–Crippen LogP) is 2.60. The third-order valence-corrected chi connectivity index (χ3v) is 2.41. The van der Waals surface area contributed by atoms with Crippen LogP contribution in [0.4, 0.5) is 23.7 Å². The summed E-state index contributed by atoms with van der Waals surface area (Å²) in [4.78, 5) is 11.5. The second kappa shape index (κ2) is 6.42. The van der Waals surface area contributed by atoms with Gasteiger partial charge in [0.25, 0.3) is 0 Å². The number of carbonyl (C=O) groups excluding carboxylic acids is 1. The first-order valence-electron chi connectivity index (χ1n) is 5.68. The molecule has 0 saturated heterocycles. The fourth-order valence-corrected chi connectivity index (χ4v) is 1.40. The maximum Gasteiger partial charge on any atom is 0.416 e. The van der Waals surface area contributed by atoms with Gasteiger partial charge >= 0.3 is 12.2 Å². The summed E-state index contributed by atoms with van der Waals surface area (Å²) in [5.74, 6) is 0. The first-order chi connectivity index (χ1) is 8.82. The van der Waals surface area contributed by atoms with Crippen LogP contribution in [0.3, 0.4) is 0 Å². The van der Waals surface area contributed by atoms with Crippen LogP contribution in [0.25, 0.3) is 0 Å². The number of aliphatic hydroxyl groups excluding tert-OH is 1. The Labute approximate surface area is 108 Å². The van der Waals surface area contributed by atoms with Crippen LogP contribution in [0.5, 0.6) is 0 Å². The topological polar surface area (TPSA) is 61.4 Å². The quantitative estimate of drug-likeness (QED) is 0.791. The molecule has 0 spiro atoms. The zero-order valence-electron chi connectivity index (χ0n) is 10.3. The molecule has 0 aliphatic carbocycles. The van der Waals surface area contributed by atoms with Gasteiger partial charge in [-0.1, -0.05) is 0 Å². The average Bonchev–Trinajstić information content (AvgIpc) is 2.28. The van der Waals surface area contributed by atoms with Gasteiger partial charge in [0.05, 0.1) is 5.56 Å². The lowest BCUT2D eigenvalue weighted by atomic mass is 10.2. The molecule has 0 aromatic heterocycles. The van der Waals surface area contributed by atoms with E-state index in [2.05, 4.69) is 10.6 Å². The zero-order valence-corrected chi connectivity index (χ0v) is 10.3. The highest BCUT2D eigenvalue weighted by Crippen LogP contribution is 2.29. The van der Waals surface area contributed by atoms with Crippen LogP contribution >= 0.6 is 0 Å². The summed E-state index contributed by atoms with van der Waals surface area (Å²) in [5.41, 5.74) is -0.506. The van der Waals surface area contributed by atoms with E-state index in [4.69, 9.17) is 5.11 Å². The van der Waals surface area contributed by atoms with Gasteiger partial charge in [-0.05, 0) is 37.6 Å². The van der Waals surface area contributed by atoms with Crippen molar-refractivity contribution in [3.63, 3.8) is 0 Å². The molecule has 7 heteroatoms. The Kier molecular flexibility index (Phi) is 5.17. The molecular formula is C12H15F3N2O2. The summed E-state index contributed by atoms with van der Waals surface area (Å²) in [6.45, 7) is 1.66. The Bertz CT molecular complexity index is 418. The molecule has 0 aliphatic rings. The maximum absolute atomic E-state index is 12.3. The van der Waals surface area contributed by atoms with Crippen molar-refractivity contribution >= 4 is 11.7 Å². The lowest BCUT2D eigenvalue weighted by Crippen LogP contribution is -2.36. The van der Waals surface area contributed by atoms with Crippen molar-refractivity contribution in [3.8, 4) is 0 Å². The van der Waals surface area contributed by atoms with Crippen LogP contribution in [-0.4, -0.2) is 23.8 Å². The number of nitrogens with one attached hydrogen (secondary N) is 2. The largest absolute Gasteiger partial charge is 0.416 e. The number of hydrogen-bond acceptors (Lipinski definition) is 2. The predicted molar refractivity (Wildman–Crippen MR) is 64.8 cm³/mol. The van der Waals surface area contributed by atoms with E-state index in [9.17, 15) is 18.0 Å². The third-order valence-electron chi connectivity index (χ3n) is 2.41. The molecule has 1 atom stereocenters. The van der Waals surface area contributed by atoms with Gasteiger partial charge in [0.15, 0.2) is 0 Å². The van der Waals surface area contributed by atoms with Crippen LogP contribution < -0.4 is 10.6 Å². The van der Waals surface area contributed by atoms with Crippen LogP contribution in [0.2, 0.25) is 0 Å². The second-order valence-corrected chi connectivity index (χ2v) is 4.09. The molecule has 1 unspecified atom stereocenters. The van der Waals surface area contributed by atoms with Gasteiger partial charge < -0.3 is 15.7 Å². The molecule has 3 N–H and O–H groups in total. The molecule has 0 radical (unpaired) electrons. The SMILES string of the molecule is CC(CCO)NC(=O)Nc1ccc(C(F)(F)F)cc1. The van der Waals surface area contributed by atoms with Crippen molar-refractivity contribution in [1.82, 2.24) is 5.32 Å². The number of alkyl halides is 3. The Balaban J connectivity index is 2.56. The summed E-state index contributed by atoms with van der Waals surface area (Å²) in [6, 6.07) is 3.40. The molecule has 0 heterocycles. The number of rotatable bonds is 4. The number of aliphatic hydroxyl groups is 1. The van der Waals surface area contributed by atoms with Crippen LogP contribution in [-0.2, 0) is 6.18 Å². The fraction of sp³-hybridized carbons (Fsp3) is 0.417. The average molecular weight is 276 g/mol. The number of carbonyl (C=O) groups is 1. The van der Waals surface area contributed by atoms with E-state index >= 15 is 0 Å². The van der Waals surface area contributed by atoms with Gasteiger partial charge in [0, 0.05) is 18.3 Å².